The highest BCUT2D eigenvalue weighted by Crippen LogP contribution is 2.42. The Hall–Kier alpha value is -4.13. The normalized spacial score (nSPS) is 17.4. The Labute approximate surface area is 185 Å². The van der Waals surface area contributed by atoms with Gasteiger partial charge in [0.1, 0.15) is 17.3 Å². The van der Waals surface area contributed by atoms with Gasteiger partial charge in [-0.3, -0.25) is 19.5 Å². The van der Waals surface area contributed by atoms with Gasteiger partial charge in [0.05, 0.1) is 25.3 Å². The number of hydrogen-bond donors (Lipinski definition) is 1. The number of hydrogen-bond acceptors (Lipinski definition) is 6. The number of methoxy groups -OCH3 is 1. The first kappa shape index (κ1) is 21.1. The first-order chi connectivity index (χ1) is 15.5. The highest BCUT2D eigenvalue weighted by atomic mass is 16.5. The fourth-order valence-corrected chi connectivity index (χ4v) is 3.73. The van der Waals surface area contributed by atoms with Crippen LogP contribution in [-0.2, 0) is 9.59 Å². The van der Waals surface area contributed by atoms with Crippen LogP contribution in [0.5, 0.6) is 11.5 Å². The summed E-state index contributed by atoms with van der Waals surface area (Å²) in [6.45, 7) is 2.39. The van der Waals surface area contributed by atoms with Crippen LogP contribution in [0.4, 0.5) is 5.69 Å². The van der Waals surface area contributed by atoms with Gasteiger partial charge in [-0.1, -0.05) is 6.07 Å². The molecule has 1 unspecified atom stereocenters. The van der Waals surface area contributed by atoms with E-state index in [4.69, 9.17) is 9.47 Å². The number of benzene rings is 2. The lowest BCUT2D eigenvalue weighted by molar-refractivity contribution is -0.132. The molecule has 0 aliphatic carbocycles. The zero-order valence-electron chi connectivity index (χ0n) is 17.7. The van der Waals surface area contributed by atoms with Crippen LogP contribution < -0.4 is 14.4 Å². The molecule has 1 aromatic heterocycles. The van der Waals surface area contributed by atoms with Crippen molar-refractivity contribution in [3.8, 4) is 11.5 Å². The molecule has 4 rings (SSSR count). The van der Waals surface area contributed by atoms with Crippen molar-refractivity contribution in [3.63, 3.8) is 0 Å². The van der Waals surface area contributed by atoms with Crippen molar-refractivity contribution in [3.05, 3.63) is 89.8 Å². The van der Waals surface area contributed by atoms with Crippen LogP contribution in [0.2, 0.25) is 0 Å². The van der Waals surface area contributed by atoms with Crippen molar-refractivity contribution in [1.82, 2.24) is 4.98 Å². The Morgan fingerprint density at radius 1 is 1.03 bits per heavy atom. The average Bonchev–Trinajstić information content (AvgIpc) is 3.10. The maximum atomic E-state index is 13.1. The zero-order valence-corrected chi connectivity index (χ0v) is 17.7. The molecule has 162 valence electrons. The molecule has 32 heavy (non-hydrogen) atoms. The number of aliphatic hydroxyl groups is 1. The van der Waals surface area contributed by atoms with E-state index < -0.39 is 17.7 Å². The van der Waals surface area contributed by atoms with Gasteiger partial charge >= 0.3 is 0 Å². The average molecular weight is 430 g/mol. The Morgan fingerprint density at radius 2 is 1.72 bits per heavy atom. The molecule has 1 amide bonds. The Morgan fingerprint density at radius 3 is 2.31 bits per heavy atom. The van der Waals surface area contributed by atoms with Crippen molar-refractivity contribution in [1.29, 1.82) is 0 Å². The van der Waals surface area contributed by atoms with Gasteiger partial charge in [-0.05, 0) is 67.1 Å². The van der Waals surface area contributed by atoms with Crippen LogP contribution in [0.15, 0.2) is 78.6 Å². The van der Waals surface area contributed by atoms with Crippen molar-refractivity contribution < 1.29 is 24.2 Å². The third-order valence-corrected chi connectivity index (χ3v) is 5.23. The molecule has 0 saturated carbocycles. The van der Waals surface area contributed by atoms with Gasteiger partial charge in [-0.25, -0.2) is 0 Å². The number of pyridine rings is 1. The topological polar surface area (TPSA) is 89.0 Å². The third kappa shape index (κ3) is 3.80. The summed E-state index contributed by atoms with van der Waals surface area (Å²) in [5.74, 6) is -0.474. The lowest BCUT2D eigenvalue weighted by Crippen LogP contribution is -2.29. The zero-order chi connectivity index (χ0) is 22.7. The fourth-order valence-electron chi connectivity index (χ4n) is 3.73. The largest absolute Gasteiger partial charge is 0.507 e. The molecule has 3 aromatic rings. The number of rotatable bonds is 6. The van der Waals surface area contributed by atoms with E-state index in [9.17, 15) is 14.7 Å². The lowest BCUT2D eigenvalue weighted by atomic mass is 9.96. The van der Waals surface area contributed by atoms with Crippen molar-refractivity contribution in [2.75, 3.05) is 18.6 Å². The first-order valence-corrected chi connectivity index (χ1v) is 10.1. The maximum absolute atomic E-state index is 13.1. The molecule has 0 spiro atoms. The van der Waals surface area contributed by atoms with Crippen LogP contribution >= 0.6 is 0 Å². The highest BCUT2D eigenvalue weighted by Gasteiger charge is 2.47. The Balaban J connectivity index is 1.85. The fraction of sp³-hybridized carbons (Fsp3) is 0.160. The second-order valence-electron chi connectivity index (χ2n) is 7.11. The molecule has 7 nitrogen and oxygen atoms in total. The van der Waals surface area contributed by atoms with Crippen molar-refractivity contribution >= 4 is 23.1 Å². The number of aliphatic hydroxyl groups excluding tert-OH is 1. The smallest absolute Gasteiger partial charge is 0.300 e. The molecule has 1 fully saturated rings. The van der Waals surface area contributed by atoms with E-state index in [1.807, 2.05) is 6.92 Å². The summed E-state index contributed by atoms with van der Waals surface area (Å²) in [6.07, 6.45) is 3.19. The lowest BCUT2D eigenvalue weighted by Gasteiger charge is -2.25. The van der Waals surface area contributed by atoms with Gasteiger partial charge in [0.15, 0.2) is 0 Å². The SMILES string of the molecule is CCOc1ccc(/C(O)=C2/C(=O)C(=O)N(c3ccc(OC)cc3)C2c2cccnc2)cc1. The second-order valence-corrected chi connectivity index (χ2v) is 7.11. The van der Waals surface area contributed by atoms with Crippen LogP contribution in [0, 0.1) is 0 Å². The molecule has 1 aliphatic heterocycles. The van der Waals surface area contributed by atoms with Crippen molar-refractivity contribution in [2.45, 2.75) is 13.0 Å². The standard InChI is InChI=1S/C25H22N2O5/c1-3-32-20-10-6-16(7-11-20)23(28)21-22(17-5-4-14-26-15-17)27(25(30)24(21)29)18-8-12-19(31-2)13-9-18/h4-15,22,28H,3H2,1-2H3/b23-21-. The number of aromatic nitrogens is 1. The predicted octanol–water partition coefficient (Wildman–Crippen LogP) is 4.12. The highest BCUT2D eigenvalue weighted by molar-refractivity contribution is 6.51. The Kier molecular flexibility index (Phi) is 5.89. The molecule has 2 heterocycles. The molecule has 1 saturated heterocycles. The summed E-state index contributed by atoms with van der Waals surface area (Å²) in [5.41, 5.74) is 1.53. The number of anilines is 1. The van der Waals surface area contributed by atoms with E-state index in [1.54, 1.807) is 80.2 Å². The van der Waals surface area contributed by atoms with Gasteiger partial charge in [0.2, 0.25) is 0 Å². The van der Waals surface area contributed by atoms with Gasteiger partial charge in [0.25, 0.3) is 11.7 Å². The number of Topliss-reactive ketones (excluding diaryl/α,β-unsaturated/α-hetero) is 1. The Bertz CT molecular complexity index is 1160. The van der Waals surface area contributed by atoms with Crippen LogP contribution in [0.25, 0.3) is 5.76 Å². The summed E-state index contributed by atoms with van der Waals surface area (Å²) in [7, 11) is 1.55. The third-order valence-electron chi connectivity index (χ3n) is 5.23. The molecular formula is C25H22N2O5. The quantitative estimate of drug-likeness (QED) is 0.360. The molecule has 7 heteroatoms. The van der Waals surface area contributed by atoms with Gasteiger partial charge in [0, 0.05) is 23.6 Å². The number of carbonyl (C=O) groups is 2. The van der Waals surface area contributed by atoms with Gasteiger partial charge in [-0.15, -0.1) is 0 Å². The minimum atomic E-state index is -0.830. The number of nitrogens with zero attached hydrogens (tertiary/aromatic N) is 2. The van der Waals surface area contributed by atoms with Crippen LogP contribution in [0.3, 0.4) is 0 Å². The van der Waals surface area contributed by atoms with Gasteiger partial charge < -0.3 is 14.6 Å². The van der Waals surface area contributed by atoms with Crippen molar-refractivity contribution in [2.24, 2.45) is 0 Å². The van der Waals surface area contributed by atoms with E-state index >= 15 is 0 Å². The number of amides is 1. The number of carbonyl (C=O) groups excluding carboxylic acids is 2. The molecule has 0 bridgehead atoms. The summed E-state index contributed by atoms with van der Waals surface area (Å²) in [5, 5.41) is 11.1. The number of ether oxygens (including phenoxy) is 2. The van der Waals surface area contributed by atoms with E-state index in [0.29, 0.717) is 34.9 Å². The van der Waals surface area contributed by atoms with Crippen LogP contribution in [0.1, 0.15) is 24.1 Å². The molecule has 2 aromatic carbocycles. The summed E-state index contributed by atoms with van der Waals surface area (Å²) >= 11 is 0. The minimum Gasteiger partial charge on any atom is -0.507 e. The summed E-state index contributed by atoms with van der Waals surface area (Å²) < 4.78 is 10.6. The van der Waals surface area contributed by atoms with Gasteiger partial charge in [-0.2, -0.15) is 0 Å². The van der Waals surface area contributed by atoms with Crippen LogP contribution in [-0.4, -0.2) is 35.5 Å². The maximum Gasteiger partial charge on any atom is 0.300 e. The second kappa shape index (κ2) is 8.93. The molecule has 0 radical (unpaired) electrons. The molecule has 1 aliphatic rings. The van der Waals surface area contributed by atoms with E-state index in [-0.39, 0.29) is 11.3 Å². The molecule has 1 atom stereocenters. The van der Waals surface area contributed by atoms with E-state index in [0.717, 1.165) is 0 Å². The molecule has 1 N–H and O–H groups in total. The van der Waals surface area contributed by atoms with E-state index in [2.05, 4.69) is 4.98 Å². The first-order valence-electron chi connectivity index (χ1n) is 10.1. The number of ketones is 1. The monoisotopic (exact) mass is 430 g/mol. The summed E-state index contributed by atoms with van der Waals surface area (Å²) in [4.78, 5) is 31.7. The minimum absolute atomic E-state index is 0.00276. The molecular weight excluding hydrogens is 408 g/mol. The van der Waals surface area contributed by atoms with E-state index in [1.165, 1.54) is 4.90 Å². The predicted molar refractivity (Wildman–Crippen MR) is 120 cm³/mol. The summed E-state index contributed by atoms with van der Waals surface area (Å²) in [6, 6.07) is 16.2.